The molecule has 8 atom stereocenters. The molecular weight excluding hydrogens is 380 g/mol. The monoisotopic (exact) mass is 420 g/mol. The van der Waals surface area contributed by atoms with Gasteiger partial charge in [0.2, 0.25) is 0 Å². The summed E-state index contributed by atoms with van der Waals surface area (Å²) < 4.78 is 0. The predicted molar refractivity (Wildman–Crippen MR) is 126 cm³/mol. The van der Waals surface area contributed by atoms with Crippen molar-refractivity contribution in [1.29, 1.82) is 5.26 Å². The first-order valence-corrected chi connectivity index (χ1v) is 12.8. The van der Waals surface area contributed by atoms with Gasteiger partial charge < -0.3 is 10.4 Å². The molecule has 1 aromatic carbocycles. The second-order valence-corrected chi connectivity index (χ2v) is 12.0. The minimum atomic E-state index is -0.412. The van der Waals surface area contributed by atoms with Crippen molar-refractivity contribution in [2.75, 3.05) is 11.9 Å². The first-order chi connectivity index (χ1) is 14.8. The van der Waals surface area contributed by atoms with E-state index in [4.69, 9.17) is 5.26 Å². The summed E-state index contributed by atoms with van der Waals surface area (Å²) in [7, 11) is 0. The highest BCUT2D eigenvalue weighted by Gasteiger charge is 2.57. The lowest BCUT2D eigenvalue weighted by Gasteiger charge is -2.57. The molecule has 3 heteroatoms. The second-order valence-electron chi connectivity index (χ2n) is 12.0. The zero-order chi connectivity index (χ0) is 21.8. The van der Waals surface area contributed by atoms with Gasteiger partial charge >= 0.3 is 0 Å². The minimum absolute atomic E-state index is 0.412. The fraction of sp³-hybridized carbons (Fsp3) is 0.750. The van der Waals surface area contributed by atoms with Gasteiger partial charge in [-0.05, 0) is 136 Å². The van der Waals surface area contributed by atoms with Crippen molar-refractivity contribution in [1.82, 2.24) is 0 Å². The number of benzene rings is 1. The number of rotatable bonds is 3. The molecule has 31 heavy (non-hydrogen) atoms. The molecule has 1 aromatic rings. The van der Waals surface area contributed by atoms with E-state index in [1.54, 1.807) is 0 Å². The summed E-state index contributed by atoms with van der Waals surface area (Å²) in [6.45, 7) is 7.84. The summed E-state index contributed by atoms with van der Waals surface area (Å²) in [6.07, 6.45) is 11.6. The third kappa shape index (κ3) is 3.70. The van der Waals surface area contributed by atoms with Crippen molar-refractivity contribution in [2.24, 2.45) is 40.9 Å². The molecule has 0 spiro atoms. The van der Waals surface area contributed by atoms with Gasteiger partial charge in [0, 0.05) is 12.2 Å². The minimum Gasteiger partial charge on any atom is -0.390 e. The van der Waals surface area contributed by atoms with E-state index in [0.29, 0.717) is 5.41 Å². The fourth-order valence-electron chi connectivity index (χ4n) is 8.69. The Hall–Kier alpha value is -1.53. The summed E-state index contributed by atoms with van der Waals surface area (Å²) in [6, 6.07) is 8.25. The van der Waals surface area contributed by atoms with Crippen molar-refractivity contribution in [3.8, 4) is 6.07 Å². The highest BCUT2D eigenvalue weighted by atomic mass is 16.3. The van der Waals surface area contributed by atoms with Gasteiger partial charge in [0.15, 0.2) is 0 Å². The molecule has 0 saturated heterocycles. The number of aliphatic hydroxyl groups is 1. The van der Waals surface area contributed by atoms with Crippen LogP contribution in [0, 0.1) is 59.2 Å². The third-order valence-electron chi connectivity index (χ3n) is 10.3. The maximum absolute atomic E-state index is 10.6. The molecule has 4 aliphatic rings. The van der Waals surface area contributed by atoms with Crippen molar-refractivity contribution in [3.05, 3.63) is 29.3 Å². The maximum Gasteiger partial charge on any atom is 0.0991 e. The predicted octanol–water partition coefficient (Wildman–Crippen LogP) is 6.30. The van der Waals surface area contributed by atoms with Gasteiger partial charge in [-0.25, -0.2) is 0 Å². The molecule has 0 aliphatic heterocycles. The van der Waals surface area contributed by atoms with Crippen LogP contribution in [0.15, 0.2) is 18.2 Å². The Labute approximate surface area is 188 Å². The zero-order valence-electron chi connectivity index (χ0n) is 19.7. The molecule has 5 rings (SSSR count). The van der Waals surface area contributed by atoms with E-state index in [1.165, 1.54) is 56.2 Å². The molecule has 3 nitrogen and oxygen atoms in total. The Morgan fingerprint density at radius 1 is 1.03 bits per heavy atom. The van der Waals surface area contributed by atoms with Crippen molar-refractivity contribution in [3.63, 3.8) is 0 Å². The SMILES string of the molecule is Cc1cc(C#N)ccc1NC[C@H]1CC[C@H]2[C@@H]3CC[C@@H]4C[C@](C)(O)CC[C@@H]4[C@H]3CC[C@]12C. The molecule has 0 amide bonds. The van der Waals surface area contributed by atoms with E-state index in [9.17, 15) is 5.11 Å². The normalized spacial score (nSPS) is 44.0. The van der Waals surface area contributed by atoms with Crippen LogP contribution in [0.3, 0.4) is 0 Å². The average molecular weight is 421 g/mol. The van der Waals surface area contributed by atoms with Crippen LogP contribution in [0.1, 0.15) is 82.8 Å². The average Bonchev–Trinajstić information content (AvgIpc) is 3.08. The maximum atomic E-state index is 10.6. The van der Waals surface area contributed by atoms with Crippen molar-refractivity contribution < 1.29 is 5.11 Å². The summed E-state index contributed by atoms with van der Waals surface area (Å²) in [4.78, 5) is 0. The largest absolute Gasteiger partial charge is 0.390 e. The van der Waals surface area contributed by atoms with Crippen LogP contribution in [-0.2, 0) is 0 Å². The number of hydrogen-bond acceptors (Lipinski definition) is 3. The van der Waals surface area contributed by atoms with Gasteiger partial charge in [-0.15, -0.1) is 0 Å². The third-order valence-corrected chi connectivity index (χ3v) is 10.3. The molecule has 0 bridgehead atoms. The van der Waals surface area contributed by atoms with Crippen molar-refractivity contribution >= 4 is 5.69 Å². The van der Waals surface area contributed by atoms with E-state index in [-0.39, 0.29) is 0 Å². The Kier molecular flexibility index (Phi) is 5.37. The Morgan fingerprint density at radius 2 is 1.84 bits per heavy atom. The Bertz CT molecular complexity index is 870. The van der Waals surface area contributed by atoms with E-state index in [0.717, 1.165) is 60.5 Å². The zero-order valence-corrected chi connectivity index (χ0v) is 19.7. The van der Waals surface area contributed by atoms with Gasteiger partial charge in [0.05, 0.1) is 17.2 Å². The topological polar surface area (TPSA) is 56.0 Å². The lowest BCUT2D eigenvalue weighted by Crippen LogP contribution is -2.50. The lowest BCUT2D eigenvalue weighted by molar-refractivity contribution is -0.0988. The van der Waals surface area contributed by atoms with E-state index < -0.39 is 5.60 Å². The molecule has 4 aliphatic carbocycles. The number of nitriles is 1. The quantitative estimate of drug-likeness (QED) is 0.603. The molecule has 4 fully saturated rings. The van der Waals surface area contributed by atoms with Crippen LogP contribution < -0.4 is 5.32 Å². The molecule has 168 valence electrons. The molecule has 0 radical (unpaired) electrons. The van der Waals surface area contributed by atoms with E-state index in [1.807, 2.05) is 12.1 Å². The molecule has 0 unspecified atom stereocenters. The number of aryl methyl sites for hydroxylation is 1. The Balaban J connectivity index is 1.27. The number of nitrogens with one attached hydrogen (secondary N) is 1. The summed E-state index contributed by atoms with van der Waals surface area (Å²) >= 11 is 0. The van der Waals surface area contributed by atoms with Gasteiger partial charge in [-0.1, -0.05) is 6.92 Å². The van der Waals surface area contributed by atoms with Crippen LogP contribution in [0.25, 0.3) is 0 Å². The van der Waals surface area contributed by atoms with Crippen LogP contribution in [0.5, 0.6) is 0 Å². The van der Waals surface area contributed by atoms with Gasteiger partial charge in [0.1, 0.15) is 0 Å². The molecule has 0 heterocycles. The van der Waals surface area contributed by atoms with Gasteiger partial charge in [0.25, 0.3) is 0 Å². The molecule has 2 N–H and O–H groups in total. The second kappa shape index (κ2) is 7.80. The van der Waals surface area contributed by atoms with Gasteiger partial charge in [-0.2, -0.15) is 5.26 Å². The van der Waals surface area contributed by atoms with Crippen LogP contribution >= 0.6 is 0 Å². The smallest absolute Gasteiger partial charge is 0.0991 e. The van der Waals surface area contributed by atoms with Crippen LogP contribution in [0.4, 0.5) is 5.69 Å². The van der Waals surface area contributed by atoms with Crippen molar-refractivity contribution in [2.45, 2.75) is 84.2 Å². The first-order valence-electron chi connectivity index (χ1n) is 12.8. The number of hydrogen-bond donors (Lipinski definition) is 2. The number of fused-ring (bicyclic) bond motifs is 5. The standard InChI is InChI=1S/C28H40N2O/c1-18-14-19(16-29)4-9-26(18)30-17-21-6-8-25-24-7-5-20-15-27(2,31)12-10-22(20)23(24)11-13-28(21,25)3/h4,9,14,20-25,30-31H,5-8,10-13,15,17H2,1-3H3/t20-,21-,22+,23-,24-,25+,27-,28-/m1/s1. The van der Waals surface area contributed by atoms with Crippen LogP contribution in [0.2, 0.25) is 0 Å². The first kappa shape index (κ1) is 21.3. The molecule has 4 saturated carbocycles. The summed E-state index contributed by atoms with van der Waals surface area (Å²) in [5.41, 5.74) is 3.17. The van der Waals surface area contributed by atoms with E-state index in [2.05, 4.69) is 38.2 Å². The van der Waals surface area contributed by atoms with Gasteiger partial charge in [-0.3, -0.25) is 0 Å². The number of anilines is 1. The highest BCUT2D eigenvalue weighted by molar-refractivity contribution is 5.54. The van der Waals surface area contributed by atoms with E-state index >= 15 is 0 Å². The molecule has 0 aromatic heterocycles. The number of nitrogens with zero attached hydrogens (tertiary/aromatic N) is 1. The fourth-order valence-corrected chi connectivity index (χ4v) is 8.69. The summed E-state index contributed by atoms with van der Waals surface area (Å²) in [5.74, 6) is 5.13. The summed E-state index contributed by atoms with van der Waals surface area (Å²) in [5, 5.41) is 23.5. The van der Waals surface area contributed by atoms with Crippen LogP contribution in [-0.4, -0.2) is 17.3 Å². The Morgan fingerprint density at radius 3 is 2.61 bits per heavy atom. The highest BCUT2D eigenvalue weighted by Crippen LogP contribution is 2.64. The lowest BCUT2D eigenvalue weighted by atomic mass is 9.49. The molecular formula is C28H40N2O.